The van der Waals surface area contributed by atoms with Gasteiger partial charge in [0.15, 0.2) is 0 Å². The van der Waals surface area contributed by atoms with Gasteiger partial charge in [0.2, 0.25) is 5.91 Å². The number of nitrogens with one attached hydrogen (secondary N) is 2. The van der Waals surface area contributed by atoms with E-state index in [1.165, 1.54) is 25.3 Å². The van der Waals surface area contributed by atoms with Crippen molar-refractivity contribution >= 4 is 17.9 Å². The van der Waals surface area contributed by atoms with E-state index in [1.807, 2.05) is 12.1 Å². The first kappa shape index (κ1) is 18.2. The predicted octanol–water partition coefficient (Wildman–Crippen LogP) is 2.05. The number of hydrogen-bond acceptors (Lipinski definition) is 3. The monoisotopic (exact) mass is 329 g/mol. The van der Waals surface area contributed by atoms with Crippen molar-refractivity contribution < 1.29 is 9.59 Å². The van der Waals surface area contributed by atoms with Crippen molar-refractivity contribution in [3.05, 3.63) is 41.5 Å². The van der Waals surface area contributed by atoms with Gasteiger partial charge in [0.05, 0.1) is 0 Å². The number of rotatable bonds is 6. The summed E-state index contributed by atoms with van der Waals surface area (Å²) in [4.78, 5) is 25.8. The van der Waals surface area contributed by atoms with Crippen LogP contribution in [0.15, 0.2) is 30.3 Å². The van der Waals surface area contributed by atoms with Crippen molar-refractivity contribution in [2.45, 2.75) is 32.2 Å². The van der Waals surface area contributed by atoms with E-state index >= 15 is 0 Å². The summed E-state index contributed by atoms with van der Waals surface area (Å²) >= 11 is 0. The minimum atomic E-state index is -0.116. The Morgan fingerprint density at radius 3 is 2.67 bits per heavy atom. The van der Waals surface area contributed by atoms with Crippen LogP contribution >= 0.6 is 0 Å². The Bertz CT molecular complexity index is 581. The number of nitrogens with zero attached hydrogens (tertiary/aromatic N) is 1. The molecule has 24 heavy (non-hydrogen) atoms. The van der Waals surface area contributed by atoms with Crippen LogP contribution in [0, 0.1) is 0 Å². The minimum absolute atomic E-state index is 0.0879. The summed E-state index contributed by atoms with van der Waals surface area (Å²) in [5.41, 5.74) is 1.50. The van der Waals surface area contributed by atoms with Gasteiger partial charge in [-0.3, -0.25) is 14.5 Å². The Hall–Kier alpha value is -2.14. The summed E-state index contributed by atoms with van der Waals surface area (Å²) in [6.07, 6.45) is 7.11. The van der Waals surface area contributed by atoms with Gasteiger partial charge in [-0.05, 0) is 50.1 Å². The van der Waals surface area contributed by atoms with Crippen LogP contribution in [0.1, 0.15) is 42.1 Å². The second kappa shape index (κ2) is 9.23. The van der Waals surface area contributed by atoms with Crippen molar-refractivity contribution in [1.82, 2.24) is 15.5 Å². The number of carbonyl (C=O) groups excluding carboxylic acids is 2. The summed E-state index contributed by atoms with van der Waals surface area (Å²) in [6, 6.07) is 7.75. The first-order chi connectivity index (χ1) is 11.6. The SMILES string of the molecule is CNC(=O)c1ccc(C=CC(=O)NCCN2CCCCC2C)cc1. The highest BCUT2D eigenvalue weighted by atomic mass is 16.2. The van der Waals surface area contributed by atoms with Crippen molar-refractivity contribution in [2.24, 2.45) is 0 Å². The highest BCUT2D eigenvalue weighted by molar-refractivity contribution is 5.94. The maximum Gasteiger partial charge on any atom is 0.251 e. The first-order valence-corrected chi connectivity index (χ1v) is 8.62. The average Bonchev–Trinajstić information content (AvgIpc) is 2.61. The van der Waals surface area contributed by atoms with Crippen LogP contribution in [0.2, 0.25) is 0 Å². The standard InChI is InChI=1S/C19H27N3O2/c1-15-5-3-4-13-22(15)14-12-21-18(23)11-8-16-6-9-17(10-7-16)19(24)20-2/h6-11,15H,3-5,12-14H2,1-2H3,(H,20,24)(H,21,23). The fraction of sp³-hybridized carbons (Fsp3) is 0.474. The first-order valence-electron chi connectivity index (χ1n) is 8.62. The molecule has 0 saturated carbocycles. The number of hydrogen-bond donors (Lipinski definition) is 2. The molecular weight excluding hydrogens is 302 g/mol. The van der Waals surface area contributed by atoms with Gasteiger partial charge >= 0.3 is 0 Å². The molecule has 0 aliphatic carbocycles. The number of likely N-dealkylation sites (tertiary alicyclic amines) is 1. The maximum atomic E-state index is 11.9. The van der Waals surface area contributed by atoms with E-state index in [2.05, 4.69) is 22.5 Å². The van der Waals surface area contributed by atoms with Gasteiger partial charge in [-0.2, -0.15) is 0 Å². The molecule has 1 aliphatic heterocycles. The van der Waals surface area contributed by atoms with Gasteiger partial charge in [-0.25, -0.2) is 0 Å². The zero-order valence-corrected chi connectivity index (χ0v) is 14.5. The van der Waals surface area contributed by atoms with E-state index in [0.29, 0.717) is 18.2 Å². The third-order valence-electron chi connectivity index (χ3n) is 4.47. The molecule has 1 aromatic rings. The molecule has 5 nitrogen and oxygen atoms in total. The predicted molar refractivity (Wildman–Crippen MR) is 96.8 cm³/mol. The lowest BCUT2D eigenvalue weighted by molar-refractivity contribution is -0.116. The van der Waals surface area contributed by atoms with Crippen LogP contribution < -0.4 is 10.6 Å². The van der Waals surface area contributed by atoms with E-state index < -0.39 is 0 Å². The number of piperidine rings is 1. The molecule has 0 spiro atoms. The van der Waals surface area contributed by atoms with Crippen LogP contribution in [0.3, 0.4) is 0 Å². The summed E-state index contributed by atoms with van der Waals surface area (Å²) in [6.45, 7) is 4.96. The molecule has 2 N–H and O–H groups in total. The topological polar surface area (TPSA) is 61.4 Å². The molecule has 1 saturated heterocycles. The molecule has 2 amide bonds. The fourth-order valence-corrected chi connectivity index (χ4v) is 2.93. The minimum Gasteiger partial charge on any atom is -0.355 e. The number of benzene rings is 1. The van der Waals surface area contributed by atoms with Gasteiger partial charge in [0.1, 0.15) is 0 Å². The molecule has 2 rings (SSSR count). The van der Waals surface area contributed by atoms with Crippen LogP contribution in [0.5, 0.6) is 0 Å². The molecule has 1 aromatic carbocycles. The molecule has 1 atom stereocenters. The molecule has 1 aliphatic rings. The largest absolute Gasteiger partial charge is 0.355 e. The lowest BCUT2D eigenvalue weighted by atomic mass is 10.0. The van der Waals surface area contributed by atoms with Crippen LogP contribution in [0.4, 0.5) is 0 Å². The lowest BCUT2D eigenvalue weighted by Gasteiger charge is -2.33. The maximum absolute atomic E-state index is 11.9. The van der Waals surface area contributed by atoms with Gasteiger partial charge < -0.3 is 10.6 Å². The third-order valence-corrected chi connectivity index (χ3v) is 4.47. The average molecular weight is 329 g/mol. The van der Waals surface area contributed by atoms with Gasteiger partial charge in [0.25, 0.3) is 5.91 Å². The van der Waals surface area contributed by atoms with Crippen molar-refractivity contribution in [1.29, 1.82) is 0 Å². The zero-order valence-electron chi connectivity index (χ0n) is 14.5. The summed E-state index contributed by atoms with van der Waals surface area (Å²) in [7, 11) is 1.60. The van der Waals surface area contributed by atoms with E-state index in [0.717, 1.165) is 18.7 Å². The second-order valence-electron chi connectivity index (χ2n) is 6.21. The molecule has 1 heterocycles. The Labute approximate surface area is 144 Å². The fourth-order valence-electron chi connectivity index (χ4n) is 2.93. The summed E-state index contributed by atoms with van der Waals surface area (Å²) < 4.78 is 0. The van der Waals surface area contributed by atoms with Crippen LogP contribution in [0.25, 0.3) is 6.08 Å². The second-order valence-corrected chi connectivity index (χ2v) is 6.21. The number of carbonyl (C=O) groups is 2. The van der Waals surface area contributed by atoms with Gasteiger partial charge in [-0.1, -0.05) is 18.6 Å². The molecule has 1 fully saturated rings. The Balaban J connectivity index is 1.75. The highest BCUT2D eigenvalue weighted by Crippen LogP contribution is 2.15. The third kappa shape index (κ3) is 5.49. The Morgan fingerprint density at radius 2 is 2.00 bits per heavy atom. The Morgan fingerprint density at radius 1 is 1.25 bits per heavy atom. The quantitative estimate of drug-likeness (QED) is 0.785. The zero-order chi connectivity index (χ0) is 17.4. The molecule has 0 aromatic heterocycles. The molecule has 130 valence electrons. The van der Waals surface area contributed by atoms with Gasteiger partial charge in [0, 0.05) is 37.8 Å². The summed E-state index contributed by atoms with van der Waals surface area (Å²) in [5.74, 6) is -0.203. The lowest BCUT2D eigenvalue weighted by Crippen LogP contribution is -2.42. The van der Waals surface area contributed by atoms with Gasteiger partial charge in [-0.15, -0.1) is 0 Å². The van der Waals surface area contributed by atoms with E-state index in [1.54, 1.807) is 25.3 Å². The molecule has 0 radical (unpaired) electrons. The van der Waals surface area contributed by atoms with Crippen molar-refractivity contribution in [3.8, 4) is 0 Å². The van der Waals surface area contributed by atoms with Crippen molar-refractivity contribution in [3.63, 3.8) is 0 Å². The van der Waals surface area contributed by atoms with E-state index in [9.17, 15) is 9.59 Å². The smallest absolute Gasteiger partial charge is 0.251 e. The normalized spacial score (nSPS) is 18.5. The van der Waals surface area contributed by atoms with Crippen molar-refractivity contribution in [2.75, 3.05) is 26.7 Å². The number of amides is 2. The summed E-state index contributed by atoms with van der Waals surface area (Å²) in [5, 5.41) is 5.51. The van der Waals surface area contributed by atoms with Crippen LogP contribution in [-0.2, 0) is 4.79 Å². The van der Waals surface area contributed by atoms with Crippen LogP contribution in [-0.4, -0.2) is 49.4 Å². The highest BCUT2D eigenvalue weighted by Gasteiger charge is 2.17. The molecule has 1 unspecified atom stereocenters. The molecular formula is C19H27N3O2. The Kier molecular flexibility index (Phi) is 7.00. The van der Waals surface area contributed by atoms with E-state index in [-0.39, 0.29) is 11.8 Å². The van der Waals surface area contributed by atoms with E-state index in [4.69, 9.17) is 0 Å². The molecule has 5 heteroatoms. The molecule has 0 bridgehead atoms.